The van der Waals surface area contributed by atoms with Gasteiger partial charge in [-0.05, 0) is 39.7 Å². The molecule has 1 N–H and O–H groups in total. The van der Waals surface area contributed by atoms with Crippen molar-refractivity contribution in [2.45, 2.75) is 5.88 Å². The molecular weight excluding hydrogens is 316 g/mol. The van der Waals surface area contributed by atoms with Crippen LogP contribution in [0.3, 0.4) is 0 Å². The summed E-state index contributed by atoms with van der Waals surface area (Å²) in [7, 11) is 0. The van der Waals surface area contributed by atoms with E-state index in [0.717, 1.165) is 10.0 Å². The number of nitrogens with one attached hydrogen (secondary N) is 1. The summed E-state index contributed by atoms with van der Waals surface area (Å²) in [6, 6.07) is 8.95. The van der Waals surface area contributed by atoms with E-state index >= 15 is 0 Å². The standard InChI is InChI=1S/C13H10BrClN2O/c14-11-8-16-5-4-12(11)17-13(18)10-3-1-2-9(6-10)7-15/h1-6,8H,7H2,(H,16,17,18). The third-order valence-corrected chi connectivity index (χ3v) is 3.30. The monoisotopic (exact) mass is 324 g/mol. The molecule has 1 amide bonds. The molecule has 0 bridgehead atoms. The first-order valence-corrected chi connectivity index (χ1v) is 6.59. The molecule has 0 aliphatic heterocycles. The fourth-order valence-electron chi connectivity index (χ4n) is 1.47. The number of halogens is 2. The smallest absolute Gasteiger partial charge is 0.255 e. The molecule has 0 saturated carbocycles. The van der Waals surface area contributed by atoms with Gasteiger partial charge >= 0.3 is 0 Å². The van der Waals surface area contributed by atoms with E-state index < -0.39 is 0 Å². The second-order valence-electron chi connectivity index (χ2n) is 3.64. The Balaban J connectivity index is 2.19. The van der Waals surface area contributed by atoms with Crippen molar-refractivity contribution in [3.8, 4) is 0 Å². The lowest BCUT2D eigenvalue weighted by Gasteiger charge is -2.07. The summed E-state index contributed by atoms with van der Waals surface area (Å²) in [6.07, 6.45) is 3.25. The van der Waals surface area contributed by atoms with Crippen molar-refractivity contribution < 1.29 is 4.79 Å². The molecule has 0 aliphatic rings. The lowest BCUT2D eigenvalue weighted by molar-refractivity contribution is 0.102. The Bertz CT molecular complexity index is 574. The van der Waals surface area contributed by atoms with E-state index in [4.69, 9.17) is 11.6 Å². The largest absolute Gasteiger partial charge is 0.321 e. The number of rotatable bonds is 3. The van der Waals surface area contributed by atoms with Crippen LogP contribution in [0.2, 0.25) is 0 Å². The van der Waals surface area contributed by atoms with Gasteiger partial charge in [0.05, 0.1) is 10.2 Å². The van der Waals surface area contributed by atoms with E-state index in [0.29, 0.717) is 17.1 Å². The van der Waals surface area contributed by atoms with Crippen LogP contribution in [0.1, 0.15) is 15.9 Å². The lowest BCUT2D eigenvalue weighted by Crippen LogP contribution is -2.12. The van der Waals surface area contributed by atoms with Crippen molar-refractivity contribution in [3.05, 3.63) is 58.3 Å². The summed E-state index contributed by atoms with van der Waals surface area (Å²) in [4.78, 5) is 16.0. The van der Waals surface area contributed by atoms with Crippen LogP contribution in [0.15, 0.2) is 47.2 Å². The number of alkyl halides is 1. The molecule has 1 aromatic carbocycles. The summed E-state index contributed by atoms with van der Waals surface area (Å²) in [5, 5.41) is 2.81. The molecular formula is C13H10BrClN2O. The zero-order valence-corrected chi connectivity index (χ0v) is 11.7. The summed E-state index contributed by atoms with van der Waals surface area (Å²) in [6.45, 7) is 0. The minimum Gasteiger partial charge on any atom is -0.321 e. The van der Waals surface area contributed by atoms with Crippen LogP contribution in [-0.2, 0) is 5.88 Å². The van der Waals surface area contributed by atoms with Crippen LogP contribution in [0.4, 0.5) is 5.69 Å². The van der Waals surface area contributed by atoms with Gasteiger partial charge in [-0.1, -0.05) is 12.1 Å². The van der Waals surface area contributed by atoms with E-state index in [1.807, 2.05) is 12.1 Å². The van der Waals surface area contributed by atoms with Crippen LogP contribution < -0.4 is 5.32 Å². The van der Waals surface area contributed by atoms with E-state index in [1.54, 1.807) is 30.6 Å². The Hall–Kier alpha value is -1.39. The van der Waals surface area contributed by atoms with Crippen molar-refractivity contribution in [2.24, 2.45) is 0 Å². The van der Waals surface area contributed by atoms with E-state index in [1.165, 1.54) is 0 Å². The maximum Gasteiger partial charge on any atom is 0.255 e. The van der Waals surface area contributed by atoms with Crippen LogP contribution in [0.25, 0.3) is 0 Å². The summed E-state index contributed by atoms with van der Waals surface area (Å²) < 4.78 is 0.742. The molecule has 0 aliphatic carbocycles. The first-order valence-electron chi connectivity index (χ1n) is 5.26. The van der Waals surface area contributed by atoms with Crippen molar-refractivity contribution in [2.75, 3.05) is 5.32 Å². The van der Waals surface area contributed by atoms with Crippen LogP contribution in [0.5, 0.6) is 0 Å². The van der Waals surface area contributed by atoms with Crippen molar-refractivity contribution in [1.82, 2.24) is 4.98 Å². The van der Waals surface area contributed by atoms with E-state index in [9.17, 15) is 4.79 Å². The number of hydrogen-bond donors (Lipinski definition) is 1. The molecule has 1 heterocycles. The molecule has 18 heavy (non-hydrogen) atoms. The highest BCUT2D eigenvalue weighted by Gasteiger charge is 2.08. The number of anilines is 1. The molecule has 3 nitrogen and oxygen atoms in total. The van der Waals surface area contributed by atoms with Crippen LogP contribution in [0, 0.1) is 0 Å². The average molecular weight is 326 g/mol. The number of hydrogen-bond acceptors (Lipinski definition) is 2. The fourth-order valence-corrected chi connectivity index (χ4v) is 1.98. The topological polar surface area (TPSA) is 42.0 Å². The van der Waals surface area contributed by atoms with Gasteiger partial charge in [0.25, 0.3) is 5.91 Å². The number of nitrogens with zero attached hydrogens (tertiary/aromatic N) is 1. The highest BCUT2D eigenvalue weighted by molar-refractivity contribution is 9.10. The quantitative estimate of drug-likeness (QED) is 0.871. The van der Waals surface area contributed by atoms with Crippen LogP contribution >= 0.6 is 27.5 Å². The third-order valence-electron chi connectivity index (χ3n) is 2.36. The van der Waals surface area contributed by atoms with Crippen LogP contribution in [-0.4, -0.2) is 10.9 Å². The Morgan fingerprint density at radius 1 is 1.39 bits per heavy atom. The first kappa shape index (κ1) is 13.1. The molecule has 0 saturated heterocycles. The zero-order chi connectivity index (χ0) is 13.0. The SMILES string of the molecule is O=C(Nc1ccncc1Br)c1cccc(CCl)c1. The van der Waals surface area contributed by atoms with Gasteiger partial charge in [-0.2, -0.15) is 0 Å². The predicted octanol–water partition coefficient (Wildman–Crippen LogP) is 3.84. The predicted molar refractivity (Wildman–Crippen MR) is 75.9 cm³/mol. The third kappa shape index (κ3) is 3.09. The maximum absolute atomic E-state index is 12.0. The fraction of sp³-hybridized carbons (Fsp3) is 0.0769. The normalized spacial score (nSPS) is 10.1. The van der Waals surface area contributed by atoms with Gasteiger partial charge in [0.2, 0.25) is 0 Å². The minimum atomic E-state index is -0.172. The molecule has 0 fully saturated rings. The number of pyridine rings is 1. The van der Waals surface area contributed by atoms with Gasteiger partial charge in [0, 0.05) is 23.8 Å². The van der Waals surface area contributed by atoms with Crippen molar-refractivity contribution in [3.63, 3.8) is 0 Å². The maximum atomic E-state index is 12.0. The molecule has 0 atom stereocenters. The summed E-state index contributed by atoms with van der Waals surface area (Å²) in [5.41, 5.74) is 2.18. The average Bonchev–Trinajstić information content (AvgIpc) is 2.41. The molecule has 92 valence electrons. The Morgan fingerprint density at radius 2 is 2.22 bits per heavy atom. The van der Waals surface area contributed by atoms with Gasteiger partial charge in [0.15, 0.2) is 0 Å². The lowest BCUT2D eigenvalue weighted by atomic mass is 10.1. The van der Waals surface area contributed by atoms with E-state index in [2.05, 4.69) is 26.2 Å². The van der Waals surface area contributed by atoms with Crippen molar-refractivity contribution >= 4 is 39.1 Å². The van der Waals surface area contributed by atoms with E-state index in [-0.39, 0.29) is 5.91 Å². The highest BCUT2D eigenvalue weighted by Crippen LogP contribution is 2.20. The number of aromatic nitrogens is 1. The molecule has 0 unspecified atom stereocenters. The Kier molecular flexibility index (Phi) is 4.33. The van der Waals surface area contributed by atoms with Gasteiger partial charge in [-0.3, -0.25) is 9.78 Å². The molecule has 1 aromatic heterocycles. The minimum absolute atomic E-state index is 0.172. The summed E-state index contributed by atoms with van der Waals surface area (Å²) >= 11 is 9.07. The van der Waals surface area contributed by atoms with Crippen molar-refractivity contribution in [1.29, 1.82) is 0 Å². The number of carbonyl (C=O) groups excluding carboxylic acids is 1. The molecule has 2 rings (SSSR count). The van der Waals surface area contributed by atoms with Gasteiger partial charge < -0.3 is 5.32 Å². The van der Waals surface area contributed by atoms with Gasteiger partial charge in [-0.25, -0.2) is 0 Å². The number of amides is 1. The van der Waals surface area contributed by atoms with Gasteiger partial charge in [0.1, 0.15) is 0 Å². The molecule has 0 spiro atoms. The number of carbonyl (C=O) groups is 1. The second-order valence-corrected chi connectivity index (χ2v) is 4.77. The molecule has 2 aromatic rings. The zero-order valence-electron chi connectivity index (χ0n) is 9.36. The van der Waals surface area contributed by atoms with Gasteiger partial charge in [-0.15, -0.1) is 11.6 Å². The highest BCUT2D eigenvalue weighted by atomic mass is 79.9. The molecule has 0 radical (unpaired) electrons. The number of benzene rings is 1. The summed E-state index contributed by atoms with van der Waals surface area (Å²) in [5.74, 6) is 0.217. The Labute approximate surface area is 118 Å². The second kappa shape index (κ2) is 5.98. The first-order chi connectivity index (χ1) is 8.70. The molecule has 5 heteroatoms. The Morgan fingerprint density at radius 3 is 2.94 bits per heavy atom.